The van der Waals surface area contributed by atoms with Gasteiger partial charge in [-0.1, -0.05) is 0 Å². The first-order chi connectivity index (χ1) is 8.06. The van der Waals surface area contributed by atoms with E-state index in [0.717, 1.165) is 19.4 Å². The number of hydrogen-bond donors (Lipinski definition) is 3. The van der Waals surface area contributed by atoms with Gasteiger partial charge < -0.3 is 15.7 Å². The summed E-state index contributed by atoms with van der Waals surface area (Å²) < 4.78 is 0.214. The summed E-state index contributed by atoms with van der Waals surface area (Å²) in [4.78, 5) is 11.6. The predicted octanol–water partition coefficient (Wildman–Crippen LogP) is 1.73. The fourth-order valence-corrected chi connectivity index (χ4v) is 3.23. The highest BCUT2D eigenvalue weighted by atomic mass is 32.2. The summed E-state index contributed by atoms with van der Waals surface area (Å²) >= 11 is 1.94. The molecule has 0 aromatic rings. The van der Waals surface area contributed by atoms with Gasteiger partial charge in [0.15, 0.2) is 0 Å². The van der Waals surface area contributed by atoms with E-state index in [2.05, 4.69) is 17.6 Å². The first-order valence-corrected chi connectivity index (χ1v) is 7.33. The van der Waals surface area contributed by atoms with Gasteiger partial charge in [-0.3, -0.25) is 0 Å². The Balaban J connectivity index is 2.16. The van der Waals surface area contributed by atoms with E-state index in [1.54, 1.807) is 0 Å². The van der Waals surface area contributed by atoms with Gasteiger partial charge in [0, 0.05) is 23.9 Å². The molecule has 1 aliphatic rings. The van der Waals surface area contributed by atoms with E-state index < -0.39 is 0 Å². The largest absolute Gasteiger partial charge is 0.396 e. The molecule has 17 heavy (non-hydrogen) atoms. The lowest BCUT2D eigenvalue weighted by atomic mass is 10.1. The van der Waals surface area contributed by atoms with Crippen LogP contribution in [0.15, 0.2) is 0 Å². The predicted molar refractivity (Wildman–Crippen MR) is 72.4 cm³/mol. The van der Waals surface area contributed by atoms with E-state index in [1.807, 2.05) is 18.7 Å². The number of aliphatic hydroxyl groups excluding tert-OH is 1. The summed E-state index contributed by atoms with van der Waals surface area (Å²) in [7, 11) is 0. The quantitative estimate of drug-likeness (QED) is 0.681. The molecular formula is C12H24N2O2S. The van der Waals surface area contributed by atoms with Gasteiger partial charge in [0.1, 0.15) is 0 Å². The molecule has 1 heterocycles. The van der Waals surface area contributed by atoms with Crippen molar-refractivity contribution in [2.75, 3.05) is 18.9 Å². The summed E-state index contributed by atoms with van der Waals surface area (Å²) in [6, 6.07) is 0.0235. The van der Waals surface area contributed by atoms with Crippen molar-refractivity contribution in [1.82, 2.24) is 10.6 Å². The van der Waals surface area contributed by atoms with Gasteiger partial charge >= 0.3 is 6.03 Å². The summed E-state index contributed by atoms with van der Waals surface area (Å²) in [6.45, 7) is 5.08. The number of aliphatic hydroxyl groups is 1. The standard InChI is InChI=1S/C12H24N2O2S/c1-10(5-3-7-15)14-11(16)13-9-12(2)6-4-8-17-12/h10,15H,3-9H2,1-2H3,(H2,13,14,16). The van der Waals surface area contributed by atoms with Crippen molar-refractivity contribution in [3.63, 3.8) is 0 Å². The minimum Gasteiger partial charge on any atom is -0.396 e. The van der Waals surface area contributed by atoms with Crippen LogP contribution in [0.2, 0.25) is 0 Å². The molecule has 0 bridgehead atoms. The molecule has 5 heteroatoms. The molecule has 2 atom stereocenters. The topological polar surface area (TPSA) is 61.4 Å². The lowest BCUT2D eigenvalue weighted by Crippen LogP contribution is -2.45. The van der Waals surface area contributed by atoms with E-state index >= 15 is 0 Å². The summed E-state index contributed by atoms with van der Waals surface area (Å²) in [5, 5.41) is 14.5. The van der Waals surface area contributed by atoms with Crippen molar-refractivity contribution in [2.24, 2.45) is 0 Å². The minimum absolute atomic E-state index is 0.0934. The average molecular weight is 260 g/mol. The molecule has 0 saturated carbocycles. The Kier molecular flexibility index (Phi) is 6.12. The van der Waals surface area contributed by atoms with Crippen molar-refractivity contribution < 1.29 is 9.90 Å². The minimum atomic E-state index is -0.0934. The first kappa shape index (κ1) is 14.6. The molecule has 0 aromatic carbocycles. The Hall–Kier alpha value is -0.420. The monoisotopic (exact) mass is 260 g/mol. The molecule has 3 N–H and O–H groups in total. The van der Waals surface area contributed by atoms with Crippen LogP contribution in [0, 0.1) is 0 Å². The third-order valence-corrected chi connectivity index (χ3v) is 4.63. The molecule has 4 nitrogen and oxygen atoms in total. The summed E-state index contributed by atoms with van der Waals surface area (Å²) in [5.41, 5.74) is 0. The zero-order chi connectivity index (χ0) is 12.7. The Morgan fingerprint density at radius 1 is 1.59 bits per heavy atom. The number of amides is 2. The van der Waals surface area contributed by atoms with Crippen molar-refractivity contribution >= 4 is 17.8 Å². The highest BCUT2D eigenvalue weighted by Crippen LogP contribution is 2.36. The van der Waals surface area contributed by atoms with Crippen molar-refractivity contribution in [3.05, 3.63) is 0 Å². The third kappa shape index (κ3) is 5.64. The lowest BCUT2D eigenvalue weighted by Gasteiger charge is -2.23. The molecule has 2 unspecified atom stereocenters. The van der Waals surface area contributed by atoms with Gasteiger partial charge in [-0.05, 0) is 45.3 Å². The van der Waals surface area contributed by atoms with Gasteiger partial charge in [-0.2, -0.15) is 11.8 Å². The van der Waals surface area contributed by atoms with Crippen LogP contribution < -0.4 is 10.6 Å². The fourth-order valence-electron chi connectivity index (χ4n) is 1.99. The maximum atomic E-state index is 11.6. The smallest absolute Gasteiger partial charge is 0.315 e. The molecule has 1 saturated heterocycles. The second kappa shape index (κ2) is 7.11. The van der Waals surface area contributed by atoms with Gasteiger partial charge in [-0.15, -0.1) is 0 Å². The SMILES string of the molecule is CC(CCCO)NC(=O)NCC1(C)CCCS1. The highest BCUT2D eigenvalue weighted by Gasteiger charge is 2.29. The second-order valence-electron chi connectivity index (χ2n) is 5.00. The van der Waals surface area contributed by atoms with E-state index in [1.165, 1.54) is 18.6 Å². The molecular weight excluding hydrogens is 236 g/mol. The number of carbonyl (C=O) groups is 1. The molecule has 1 aliphatic heterocycles. The number of urea groups is 1. The maximum Gasteiger partial charge on any atom is 0.315 e. The van der Waals surface area contributed by atoms with Crippen molar-refractivity contribution in [3.8, 4) is 0 Å². The molecule has 1 fully saturated rings. The fraction of sp³-hybridized carbons (Fsp3) is 0.917. The number of carbonyl (C=O) groups excluding carboxylic acids is 1. The molecule has 0 aliphatic carbocycles. The molecule has 0 radical (unpaired) electrons. The molecule has 0 aromatic heterocycles. The van der Waals surface area contributed by atoms with Crippen LogP contribution in [0.5, 0.6) is 0 Å². The van der Waals surface area contributed by atoms with Crippen LogP contribution in [0.25, 0.3) is 0 Å². The van der Waals surface area contributed by atoms with Crippen LogP contribution in [0.3, 0.4) is 0 Å². The van der Waals surface area contributed by atoms with E-state index in [0.29, 0.717) is 0 Å². The Morgan fingerprint density at radius 2 is 2.35 bits per heavy atom. The van der Waals surface area contributed by atoms with Crippen LogP contribution in [0.4, 0.5) is 4.79 Å². The van der Waals surface area contributed by atoms with Crippen molar-refractivity contribution in [1.29, 1.82) is 0 Å². The third-order valence-electron chi connectivity index (χ3n) is 3.10. The zero-order valence-electron chi connectivity index (χ0n) is 10.8. The van der Waals surface area contributed by atoms with Gasteiger partial charge in [0.2, 0.25) is 0 Å². The first-order valence-electron chi connectivity index (χ1n) is 6.35. The molecule has 2 amide bonds. The normalized spacial score (nSPS) is 25.6. The van der Waals surface area contributed by atoms with Gasteiger partial charge in [-0.25, -0.2) is 4.79 Å². The Morgan fingerprint density at radius 3 is 2.94 bits per heavy atom. The number of hydrogen-bond acceptors (Lipinski definition) is 3. The number of thioether (sulfide) groups is 1. The van der Waals surface area contributed by atoms with E-state index in [4.69, 9.17) is 5.11 Å². The van der Waals surface area contributed by atoms with E-state index in [9.17, 15) is 4.79 Å². The Labute approximate surface area is 108 Å². The number of nitrogens with one attached hydrogen (secondary N) is 2. The zero-order valence-corrected chi connectivity index (χ0v) is 11.6. The lowest BCUT2D eigenvalue weighted by molar-refractivity contribution is 0.233. The Bertz CT molecular complexity index is 243. The molecule has 0 spiro atoms. The molecule has 100 valence electrons. The molecule has 1 rings (SSSR count). The maximum absolute atomic E-state index is 11.6. The number of rotatable bonds is 6. The average Bonchev–Trinajstić information content (AvgIpc) is 2.71. The second-order valence-corrected chi connectivity index (χ2v) is 6.68. The van der Waals surface area contributed by atoms with Crippen LogP contribution in [-0.2, 0) is 0 Å². The van der Waals surface area contributed by atoms with E-state index in [-0.39, 0.29) is 23.4 Å². The summed E-state index contributed by atoms with van der Waals surface area (Å²) in [6.07, 6.45) is 3.97. The highest BCUT2D eigenvalue weighted by molar-refractivity contribution is 8.00. The van der Waals surface area contributed by atoms with Crippen LogP contribution in [-0.4, -0.2) is 40.8 Å². The van der Waals surface area contributed by atoms with Crippen LogP contribution >= 0.6 is 11.8 Å². The van der Waals surface area contributed by atoms with Gasteiger partial charge in [0.25, 0.3) is 0 Å². The van der Waals surface area contributed by atoms with Crippen molar-refractivity contribution in [2.45, 2.75) is 50.3 Å². The van der Waals surface area contributed by atoms with Gasteiger partial charge in [0.05, 0.1) is 0 Å². The summed E-state index contributed by atoms with van der Waals surface area (Å²) in [5.74, 6) is 1.20. The van der Waals surface area contributed by atoms with Crippen LogP contribution in [0.1, 0.15) is 39.5 Å².